The van der Waals surface area contributed by atoms with Gasteiger partial charge in [-0.1, -0.05) is 0 Å². The lowest BCUT2D eigenvalue weighted by Crippen LogP contribution is -2.36. The Bertz CT molecular complexity index is 397. The first kappa shape index (κ1) is 11.5. The summed E-state index contributed by atoms with van der Waals surface area (Å²) in [5, 5.41) is 0. The fraction of sp³-hybridized carbons (Fsp3) is 0.364. The Labute approximate surface area is 95.2 Å². The van der Waals surface area contributed by atoms with Crippen LogP contribution in [0, 0.1) is 5.82 Å². The van der Waals surface area contributed by atoms with Crippen LogP contribution in [0.15, 0.2) is 18.2 Å². The third kappa shape index (κ3) is 2.23. The van der Waals surface area contributed by atoms with Crippen LogP contribution in [-0.4, -0.2) is 18.5 Å². The smallest absolute Gasteiger partial charge is 0.153 e. The van der Waals surface area contributed by atoms with E-state index >= 15 is 0 Å². The predicted molar refractivity (Wildman–Crippen MR) is 59.8 cm³/mol. The molecule has 1 aromatic carbocycles. The lowest BCUT2D eigenvalue weighted by atomic mass is 9.99. The minimum absolute atomic E-state index is 0.268. The number of rotatable bonds is 3. The summed E-state index contributed by atoms with van der Waals surface area (Å²) in [7, 11) is 2.06. The first-order chi connectivity index (χ1) is 7.74. The Morgan fingerprint density at radius 2 is 2.44 bits per heavy atom. The van der Waals surface area contributed by atoms with Gasteiger partial charge in [0, 0.05) is 9.47 Å². The molecule has 0 fully saturated rings. The van der Waals surface area contributed by atoms with Crippen molar-refractivity contribution in [3.05, 3.63) is 29.6 Å². The molecule has 0 saturated heterocycles. The van der Waals surface area contributed by atoms with Gasteiger partial charge in [-0.2, -0.15) is 0 Å². The van der Waals surface area contributed by atoms with E-state index < -0.39 is 6.10 Å². The average Bonchev–Trinajstić information content (AvgIpc) is 2.31. The van der Waals surface area contributed by atoms with Crippen molar-refractivity contribution in [2.24, 2.45) is 0 Å². The third-order valence-corrected chi connectivity index (χ3v) is 2.97. The van der Waals surface area contributed by atoms with Gasteiger partial charge in [-0.3, -0.25) is 0 Å². The average molecular weight is 242 g/mol. The standard InChI is InChI=1S/C11H12FO3P/c12-8-2-4-9-7(5-8)1-3-10(14-9)11(6-13)15-16/h2,4-6,10-11H,1,3,16H2/t10-,11+/m0/s1. The molecule has 0 saturated carbocycles. The molecule has 1 aliphatic rings. The van der Waals surface area contributed by atoms with Crippen LogP contribution in [0.1, 0.15) is 12.0 Å². The van der Waals surface area contributed by atoms with Crippen molar-refractivity contribution in [2.45, 2.75) is 25.0 Å². The lowest BCUT2D eigenvalue weighted by molar-refractivity contribution is -0.117. The van der Waals surface area contributed by atoms with E-state index in [1.54, 1.807) is 6.07 Å². The van der Waals surface area contributed by atoms with E-state index in [2.05, 4.69) is 9.47 Å². The summed E-state index contributed by atoms with van der Waals surface area (Å²) in [4.78, 5) is 10.7. The van der Waals surface area contributed by atoms with Gasteiger partial charge in [-0.05, 0) is 36.6 Å². The highest BCUT2D eigenvalue weighted by Gasteiger charge is 2.27. The van der Waals surface area contributed by atoms with E-state index in [0.717, 1.165) is 5.56 Å². The first-order valence-corrected chi connectivity index (χ1v) is 5.47. The van der Waals surface area contributed by atoms with Crippen LogP contribution in [0.4, 0.5) is 4.39 Å². The molecule has 2 rings (SSSR count). The summed E-state index contributed by atoms with van der Waals surface area (Å²) >= 11 is 0. The molecular weight excluding hydrogens is 230 g/mol. The Morgan fingerprint density at radius 1 is 1.62 bits per heavy atom. The second-order valence-corrected chi connectivity index (χ2v) is 3.96. The minimum Gasteiger partial charge on any atom is -0.487 e. The highest BCUT2D eigenvalue weighted by Crippen LogP contribution is 2.29. The van der Waals surface area contributed by atoms with Gasteiger partial charge in [0.05, 0.1) is 0 Å². The van der Waals surface area contributed by atoms with E-state index in [4.69, 9.17) is 9.26 Å². The zero-order valence-corrected chi connectivity index (χ0v) is 9.71. The number of fused-ring (bicyclic) bond motifs is 1. The maximum atomic E-state index is 12.9. The molecule has 0 bridgehead atoms. The zero-order chi connectivity index (χ0) is 11.5. The maximum absolute atomic E-state index is 12.9. The van der Waals surface area contributed by atoms with Crippen LogP contribution in [0.2, 0.25) is 0 Å². The molecule has 1 unspecified atom stereocenters. The summed E-state index contributed by atoms with van der Waals surface area (Å²) in [6.45, 7) is 0. The molecule has 3 nitrogen and oxygen atoms in total. The fourth-order valence-electron chi connectivity index (χ4n) is 1.82. The molecular formula is C11H12FO3P. The fourth-order valence-corrected chi connectivity index (χ4v) is 2.06. The van der Waals surface area contributed by atoms with Gasteiger partial charge in [0.1, 0.15) is 17.7 Å². The van der Waals surface area contributed by atoms with Crippen molar-refractivity contribution < 1.29 is 18.4 Å². The van der Waals surface area contributed by atoms with E-state index in [1.165, 1.54) is 12.1 Å². The highest BCUT2D eigenvalue weighted by atomic mass is 31.0. The quantitative estimate of drug-likeness (QED) is 0.599. The molecule has 3 atom stereocenters. The maximum Gasteiger partial charge on any atom is 0.153 e. The Morgan fingerprint density at radius 3 is 3.12 bits per heavy atom. The number of benzene rings is 1. The molecule has 0 spiro atoms. The van der Waals surface area contributed by atoms with Crippen molar-refractivity contribution in [1.82, 2.24) is 0 Å². The minimum atomic E-state index is -0.594. The van der Waals surface area contributed by atoms with E-state index in [1.807, 2.05) is 0 Å². The number of halogens is 1. The van der Waals surface area contributed by atoms with E-state index in [9.17, 15) is 9.18 Å². The molecule has 5 heteroatoms. The van der Waals surface area contributed by atoms with Crippen LogP contribution in [0.5, 0.6) is 5.75 Å². The molecule has 1 aliphatic heterocycles. The van der Waals surface area contributed by atoms with Gasteiger partial charge in [0.2, 0.25) is 0 Å². The number of hydrogen-bond acceptors (Lipinski definition) is 3. The molecule has 86 valence electrons. The van der Waals surface area contributed by atoms with Crippen LogP contribution in [-0.2, 0) is 15.7 Å². The molecule has 16 heavy (non-hydrogen) atoms. The molecule has 0 aromatic heterocycles. The summed E-state index contributed by atoms with van der Waals surface area (Å²) in [5.74, 6) is 0.363. The van der Waals surface area contributed by atoms with Gasteiger partial charge >= 0.3 is 0 Å². The van der Waals surface area contributed by atoms with Crippen LogP contribution in [0.25, 0.3) is 0 Å². The Kier molecular flexibility index (Phi) is 3.52. The number of aldehydes is 1. The van der Waals surface area contributed by atoms with Gasteiger partial charge in [-0.15, -0.1) is 0 Å². The van der Waals surface area contributed by atoms with Crippen molar-refractivity contribution in [3.8, 4) is 5.75 Å². The Balaban J connectivity index is 2.17. The van der Waals surface area contributed by atoms with Crippen LogP contribution in [0.3, 0.4) is 0 Å². The molecule has 0 radical (unpaired) electrons. The van der Waals surface area contributed by atoms with Gasteiger partial charge in [0.15, 0.2) is 12.4 Å². The molecule has 1 heterocycles. The summed E-state index contributed by atoms with van der Waals surface area (Å²) in [6, 6.07) is 4.39. The van der Waals surface area contributed by atoms with Crippen molar-refractivity contribution in [2.75, 3.05) is 0 Å². The monoisotopic (exact) mass is 242 g/mol. The Hall–Kier alpha value is -0.990. The van der Waals surface area contributed by atoms with E-state index in [-0.39, 0.29) is 11.9 Å². The number of aryl methyl sites for hydroxylation is 1. The number of carbonyl (C=O) groups excluding carboxylic acids is 1. The van der Waals surface area contributed by atoms with Crippen molar-refractivity contribution in [1.29, 1.82) is 0 Å². The summed E-state index contributed by atoms with van der Waals surface area (Å²) < 4.78 is 23.5. The number of carbonyl (C=O) groups is 1. The SMILES string of the molecule is O=C[C@@H](OP)[C@@H]1CCc2cc(F)ccc2O1. The highest BCUT2D eigenvalue weighted by molar-refractivity contribution is 7.09. The topological polar surface area (TPSA) is 35.5 Å². The largest absolute Gasteiger partial charge is 0.487 e. The summed E-state index contributed by atoms with van der Waals surface area (Å²) in [6.07, 6.45) is 1.16. The van der Waals surface area contributed by atoms with Gasteiger partial charge in [-0.25, -0.2) is 4.39 Å². The lowest BCUT2D eigenvalue weighted by Gasteiger charge is -2.28. The van der Waals surface area contributed by atoms with Crippen LogP contribution < -0.4 is 4.74 Å². The molecule has 0 N–H and O–H groups in total. The second-order valence-electron chi connectivity index (χ2n) is 3.68. The van der Waals surface area contributed by atoms with E-state index in [0.29, 0.717) is 24.9 Å². The molecule has 1 aromatic rings. The van der Waals surface area contributed by atoms with Crippen molar-refractivity contribution >= 4 is 15.8 Å². The third-order valence-electron chi connectivity index (χ3n) is 2.66. The number of hydrogen-bond donors (Lipinski definition) is 0. The number of ether oxygens (including phenoxy) is 1. The van der Waals surface area contributed by atoms with Gasteiger partial charge < -0.3 is 14.1 Å². The summed E-state index contributed by atoms with van der Waals surface area (Å²) in [5.41, 5.74) is 0.838. The predicted octanol–water partition coefficient (Wildman–Crippen LogP) is 1.89. The normalized spacial score (nSPS) is 20.8. The van der Waals surface area contributed by atoms with Gasteiger partial charge in [0.25, 0.3) is 0 Å². The zero-order valence-electron chi connectivity index (χ0n) is 8.56. The molecule has 0 aliphatic carbocycles. The first-order valence-electron chi connectivity index (χ1n) is 5.00. The second kappa shape index (κ2) is 4.89. The molecule has 0 amide bonds. The van der Waals surface area contributed by atoms with Crippen molar-refractivity contribution in [3.63, 3.8) is 0 Å². The van der Waals surface area contributed by atoms with Crippen LogP contribution >= 0.6 is 9.47 Å².